The maximum Gasteiger partial charge on any atom is 0.333 e. The van der Waals surface area contributed by atoms with Crippen LogP contribution in [-0.2, 0) is 33.4 Å². The lowest BCUT2D eigenvalue weighted by molar-refractivity contribution is -0.301. The molecule has 3 heterocycles. The number of imide groups is 1. The van der Waals surface area contributed by atoms with Crippen LogP contribution in [0.3, 0.4) is 0 Å². The molecule has 0 unspecified atom stereocenters. The summed E-state index contributed by atoms with van der Waals surface area (Å²) in [4.78, 5) is 42.1. The molecule has 2 amide bonds. The van der Waals surface area contributed by atoms with Gasteiger partial charge in [0.2, 0.25) is 0 Å². The normalized spacial score (nSPS) is 35.1. The fraction of sp³-hybridized carbons (Fsp3) is 0.889. The van der Waals surface area contributed by atoms with E-state index in [0.717, 1.165) is 0 Å². The molecule has 0 radical (unpaired) electrons. The van der Waals surface area contributed by atoms with Crippen molar-refractivity contribution in [1.29, 1.82) is 0 Å². The highest BCUT2D eigenvalue weighted by Crippen LogP contribution is 2.25. The number of hydrogen-bond donors (Lipinski definition) is 7. The molecule has 16 heteroatoms. The van der Waals surface area contributed by atoms with Crippen molar-refractivity contribution >= 4 is 17.8 Å². The van der Waals surface area contributed by atoms with Crippen LogP contribution in [0.15, 0.2) is 0 Å². The van der Waals surface area contributed by atoms with Gasteiger partial charge >= 0.3 is 5.97 Å². The number of carbonyl (C=O) groups is 3. The zero-order valence-electron chi connectivity index (χ0n) is 24.3. The molecule has 16 nitrogen and oxygen atoms in total. The largest absolute Gasteiger partial charge is 0.394 e. The zero-order valence-corrected chi connectivity index (χ0v) is 24.3. The van der Waals surface area contributed by atoms with E-state index in [1.165, 1.54) is 0 Å². The van der Waals surface area contributed by atoms with E-state index >= 15 is 0 Å². The lowest BCUT2D eigenvalue weighted by Crippen LogP contribution is -2.59. The van der Waals surface area contributed by atoms with Gasteiger partial charge < -0.3 is 59.7 Å². The molecule has 3 aliphatic heterocycles. The van der Waals surface area contributed by atoms with Gasteiger partial charge in [0.1, 0.15) is 42.7 Å². The second kappa shape index (κ2) is 17.0. The SMILES string of the molecule is C[C@@H]1O[C@@H](CCCN(CCCCCC(=O)ON2C(=O)CCC2=O)CCO[C@H]2O[C@H](CO)[C@@H](O)[C@H](O)[C@@H]2O)[C@@H](O)[C@H](O)[C@@H]1O. The first-order valence-corrected chi connectivity index (χ1v) is 14.8. The van der Waals surface area contributed by atoms with Gasteiger partial charge in [-0.3, -0.25) is 9.59 Å². The first-order valence-electron chi connectivity index (χ1n) is 14.8. The molecule has 0 aromatic carbocycles. The topological polar surface area (TPSA) is 236 Å². The molecule has 3 aliphatic rings. The van der Waals surface area contributed by atoms with E-state index in [9.17, 15) is 50.1 Å². The van der Waals surface area contributed by atoms with Crippen molar-refractivity contribution in [2.75, 3.05) is 32.8 Å². The number of hydroxylamine groups is 2. The summed E-state index contributed by atoms with van der Waals surface area (Å²) in [5.74, 6) is -1.74. The molecule has 0 bridgehead atoms. The van der Waals surface area contributed by atoms with Crippen molar-refractivity contribution in [3.05, 3.63) is 0 Å². The van der Waals surface area contributed by atoms with Crippen LogP contribution in [0.4, 0.5) is 0 Å². The molecule has 0 aromatic heterocycles. The fourth-order valence-corrected chi connectivity index (χ4v) is 5.32. The van der Waals surface area contributed by atoms with Crippen molar-refractivity contribution in [3.63, 3.8) is 0 Å². The van der Waals surface area contributed by atoms with Crippen LogP contribution in [0.25, 0.3) is 0 Å². The van der Waals surface area contributed by atoms with E-state index in [1.54, 1.807) is 6.92 Å². The second-order valence-corrected chi connectivity index (χ2v) is 11.3. The van der Waals surface area contributed by atoms with Gasteiger partial charge in [-0.1, -0.05) is 6.42 Å². The van der Waals surface area contributed by atoms with Gasteiger partial charge in [-0.25, -0.2) is 4.79 Å². The highest BCUT2D eigenvalue weighted by atomic mass is 16.7. The Balaban J connectivity index is 1.45. The number of unbranched alkanes of at least 4 members (excludes halogenated alkanes) is 2. The van der Waals surface area contributed by atoms with E-state index in [0.29, 0.717) is 56.8 Å². The molecule has 248 valence electrons. The Hall–Kier alpha value is -1.83. The fourth-order valence-electron chi connectivity index (χ4n) is 5.32. The van der Waals surface area contributed by atoms with Crippen LogP contribution in [0.2, 0.25) is 0 Å². The van der Waals surface area contributed by atoms with Crippen LogP contribution >= 0.6 is 0 Å². The lowest BCUT2D eigenvalue weighted by atomic mass is 9.93. The Morgan fingerprint density at radius 1 is 0.814 bits per heavy atom. The third-order valence-corrected chi connectivity index (χ3v) is 8.01. The summed E-state index contributed by atoms with van der Waals surface area (Å²) in [5.41, 5.74) is 0. The molecule has 3 rings (SSSR count). The highest BCUT2D eigenvalue weighted by molar-refractivity contribution is 6.01. The smallest absolute Gasteiger partial charge is 0.333 e. The highest BCUT2D eigenvalue weighted by Gasteiger charge is 2.44. The van der Waals surface area contributed by atoms with Gasteiger partial charge in [0, 0.05) is 25.8 Å². The molecular weight excluding hydrogens is 576 g/mol. The van der Waals surface area contributed by atoms with Gasteiger partial charge in [0.25, 0.3) is 11.8 Å². The Morgan fingerprint density at radius 3 is 2.12 bits per heavy atom. The Bertz CT molecular complexity index is 893. The van der Waals surface area contributed by atoms with E-state index in [1.807, 2.05) is 4.90 Å². The molecular formula is C27H46N2O14. The predicted molar refractivity (Wildman–Crippen MR) is 143 cm³/mol. The monoisotopic (exact) mass is 622 g/mol. The Labute approximate surface area is 249 Å². The van der Waals surface area contributed by atoms with Crippen LogP contribution < -0.4 is 0 Å². The first-order chi connectivity index (χ1) is 20.4. The minimum absolute atomic E-state index is 0.0233. The molecule has 0 aliphatic carbocycles. The van der Waals surface area contributed by atoms with Gasteiger partial charge in [-0.15, -0.1) is 5.06 Å². The van der Waals surface area contributed by atoms with Crippen LogP contribution in [-0.4, -0.2) is 158 Å². The number of nitrogens with zero attached hydrogens (tertiary/aromatic N) is 2. The van der Waals surface area contributed by atoms with Crippen molar-refractivity contribution in [2.45, 2.75) is 120 Å². The third kappa shape index (κ3) is 9.83. The van der Waals surface area contributed by atoms with Crippen molar-refractivity contribution in [3.8, 4) is 0 Å². The van der Waals surface area contributed by atoms with Gasteiger partial charge in [-0.2, -0.15) is 0 Å². The quantitative estimate of drug-likeness (QED) is 0.0668. The summed E-state index contributed by atoms with van der Waals surface area (Å²) in [6, 6.07) is 0. The van der Waals surface area contributed by atoms with Crippen molar-refractivity contribution in [1.82, 2.24) is 9.96 Å². The zero-order chi connectivity index (χ0) is 31.7. The lowest BCUT2D eigenvalue weighted by Gasteiger charge is -2.40. The summed E-state index contributed by atoms with van der Waals surface area (Å²) in [7, 11) is 0. The summed E-state index contributed by atoms with van der Waals surface area (Å²) in [6.45, 7) is 2.57. The number of aliphatic hydroxyl groups excluding tert-OH is 7. The summed E-state index contributed by atoms with van der Waals surface area (Å²) in [6.07, 6.45) is -9.18. The van der Waals surface area contributed by atoms with Gasteiger partial charge in [-0.05, 0) is 45.7 Å². The second-order valence-electron chi connectivity index (χ2n) is 11.3. The van der Waals surface area contributed by atoms with E-state index in [4.69, 9.17) is 19.0 Å². The van der Waals surface area contributed by atoms with E-state index in [-0.39, 0.29) is 25.9 Å². The van der Waals surface area contributed by atoms with E-state index < -0.39 is 85.6 Å². The minimum atomic E-state index is -1.56. The number of amides is 2. The number of hydrogen-bond acceptors (Lipinski definition) is 15. The van der Waals surface area contributed by atoms with E-state index in [2.05, 4.69) is 0 Å². The predicted octanol–water partition coefficient (Wildman–Crippen LogP) is -3.08. The molecule has 43 heavy (non-hydrogen) atoms. The van der Waals surface area contributed by atoms with Gasteiger partial charge in [0.15, 0.2) is 6.29 Å². The molecule has 7 N–H and O–H groups in total. The average molecular weight is 623 g/mol. The molecule has 0 aromatic rings. The Morgan fingerprint density at radius 2 is 1.44 bits per heavy atom. The molecule has 3 saturated heterocycles. The first kappa shape index (κ1) is 35.6. The molecule has 3 fully saturated rings. The van der Waals surface area contributed by atoms with Crippen LogP contribution in [0.1, 0.15) is 58.3 Å². The molecule has 10 atom stereocenters. The standard InChI is InChI=1S/C27H46N2O14/c1-15-21(34)24(37)22(35)16(41-15)6-5-11-28(12-13-40-27-26(39)25(38)23(36)17(14-30)42-27)10-4-2-3-7-20(33)43-29-18(31)8-9-19(29)32/h15-17,21-27,30,34-39H,2-14H2,1H3/t15-,16-,17+,21+,22+,23+,24+,25-,26-,27-/m0/s1. The Kier molecular flexibility index (Phi) is 14.1. The third-order valence-electron chi connectivity index (χ3n) is 8.01. The number of ether oxygens (including phenoxy) is 3. The molecule has 0 saturated carbocycles. The van der Waals surface area contributed by atoms with Crippen LogP contribution in [0, 0.1) is 0 Å². The maximum atomic E-state index is 12.0. The summed E-state index contributed by atoms with van der Waals surface area (Å²) < 4.78 is 16.7. The number of carbonyl (C=O) groups excluding carboxylic acids is 3. The number of aliphatic hydroxyl groups is 7. The van der Waals surface area contributed by atoms with Crippen LogP contribution in [0.5, 0.6) is 0 Å². The minimum Gasteiger partial charge on any atom is -0.394 e. The summed E-state index contributed by atoms with van der Waals surface area (Å²) >= 11 is 0. The number of rotatable bonds is 16. The van der Waals surface area contributed by atoms with Crippen molar-refractivity contribution in [2.24, 2.45) is 0 Å². The van der Waals surface area contributed by atoms with Crippen molar-refractivity contribution < 1.29 is 69.2 Å². The molecule has 0 spiro atoms. The average Bonchev–Trinajstić information content (AvgIpc) is 3.30. The van der Waals surface area contributed by atoms with Gasteiger partial charge in [0.05, 0.1) is 25.4 Å². The maximum absolute atomic E-state index is 12.0. The summed E-state index contributed by atoms with van der Waals surface area (Å²) in [5, 5.41) is 70.4.